The molecule has 0 aliphatic carbocycles. The highest BCUT2D eigenvalue weighted by molar-refractivity contribution is 4.71. The highest BCUT2D eigenvalue weighted by atomic mass is 16.5. The quantitative estimate of drug-likeness (QED) is 0.467. The molecule has 10 heavy (non-hydrogen) atoms. The lowest BCUT2D eigenvalue weighted by Crippen LogP contribution is -2.39. The first-order valence-electron chi connectivity index (χ1n) is 3.13. The summed E-state index contributed by atoms with van der Waals surface area (Å²) in [6.07, 6.45) is -2.59. The number of rotatable bonds is 4. The highest BCUT2D eigenvalue weighted by Gasteiger charge is 2.21. The second-order valence-electron chi connectivity index (χ2n) is 2.19. The summed E-state index contributed by atoms with van der Waals surface area (Å²) >= 11 is 0. The molecule has 3 N–H and O–H groups in total. The van der Waals surface area contributed by atoms with E-state index in [-0.39, 0.29) is 6.61 Å². The second kappa shape index (κ2) is 4.62. The summed E-state index contributed by atoms with van der Waals surface area (Å²) in [5.41, 5.74) is 0. The van der Waals surface area contributed by atoms with E-state index < -0.39 is 18.3 Å². The molecule has 0 rings (SSSR count). The maximum absolute atomic E-state index is 9.05. The lowest BCUT2D eigenvalue weighted by Gasteiger charge is -2.21. The molecule has 0 aliphatic heterocycles. The average molecular weight is 150 g/mol. The van der Waals surface area contributed by atoms with Gasteiger partial charge in [-0.3, -0.25) is 0 Å². The summed E-state index contributed by atoms with van der Waals surface area (Å²) < 4.78 is 4.66. The Kier molecular flexibility index (Phi) is 4.55. The minimum Gasteiger partial charge on any atom is -0.394 e. The molecule has 4 heteroatoms. The van der Waals surface area contributed by atoms with E-state index in [1.54, 1.807) is 0 Å². The summed E-state index contributed by atoms with van der Waals surface area (Å²) in [5.74, 6) is 0. The van der Waals surface area contributed by atoms with Crippen molar-refractivity contribution in [1.29, 1.82) is 0 Å². The van der Waals surface area contributed by atoms with E-state index in [4.69, 9.17) is 15.3 Å². The topological polar surface area (TPSA) is 69.9 Å². The molecule has 0 bridgehead atoms. The monoisotopic (exact) mass is 150 g/mol. The van der Waals surface area contributed by atoms with Gasteiger partial charge in [0.2, 0.25) is 0 Å². The number of aliphatic hydroxyl groups is 3. The van der Waals surface area contributed by atoms with Crippen LogP contribution in [0.3, 0.4) is 0 Å². The summed E-state index contributed by atoms with van der Waals surface area (Å²) in [7, 11) is 1.37. The van der Waals surface area contributed by atoms with Gasteiger partial charge in [0.15, 0.2) is 0 Å². The Bertz CT molecular complexity index is 79.8. The third kappa shape index (κ3) is 2.62. The molecule has 0 heterocycles. The van der Waals surface area contributed by atoms with Crippen molar-refractivity contribution in [2.24, 2.45) is 0 Å². The van der Waals surface area contributed by atoms with Crippen LogP contribution in [-0.2, 0) is 4.74 Å². The first-order chi connectivity index (χ1) is 4.63. The van der Waals surface area contributed by atoms with Gasteiger partial charge in [-0.1, -0.05) is 0 Å². The molecule has 0 aromatic rings. The Balaban J connectivity index is 3.76. The third-order valence-electron chi connectivity index (χ3n) is 1.36. The average Bonchev–Trinajstić information content (AvgIpc) is 1.90. The zero-order valence-electron chi connectivity index (χ0n) is 6.19. The number of hydrogen-bond acceptors (Lipinski definition) is 4. The predicted octanol–water partition coefficient (Wildman–Crippen LogP) is -1.26. The molecule has 0 saturated heterocycles. The zero-order chi connectivity index (χ0) is 8.15. The third-order valence-corrected chi connectivity index (χ3v) is 1.36. The van der Waals surface area contributed by atoms with Crippen LogP contribution in [0.4, 0.5) is 0 Å². The highest BCUT2D eigenvalue weighted by Crippen LogP contribution is 2.01. The van der Waals surface area contributed by atoms with E-state index in [9.17, 15) is 0 Å². The Hall–Kier alpha value is -0.160. The minimum absolute atomic E-state index is 0.289. The fourth-order valence-electron chi connectivity index (χ4n) is 0.633. The van der Waals surface area contributed by atoms with Crippen LogP contribution in [0.1, 0.15) is 6.92 Å². The Morgan fingerprint density at radius 3 is 2.00 bits per heavy atom. The van der Waals surface area contributed by atoms with Crippen molar-refractivity contribution in [2.45, 2.75) is 25.2 Å². The Labute approximate surface area is 60.1 Å². The fraction of sp³-hybridized carbons (Fsp3) is 1.00. The van der Waals surface area contributed by atoms with E-state index in [0.717, 1.165) is 0 Å². The van der Waals surface area contributed by atoms with Gasteiger partial charge in [0.05, 0.1) is 12.7 Å². The summed E-state index contributed by atoms with van der Waals surface area (Å²) in [6, 6.07) is 0. The first kappa shape index (κ1) is 9.84. The first-order valence-corrected chi connectivity index (χ1v) is 3.13. The van der Waals surface area contributed by atoms with Gasteiger partial charge in [0, 0.05) is 7.11 Å². The van der Waals surface area contributed by atoms with Gasteiger partial charge >= 0.3 is 0 Å². The molecule has 4 nitrogen and oxygen atoms in total. The maximum Gasteiger partial charge on any atom is 0.108 e. The second-order valence-corrected chi connectivity index (χ2v) is 2.19. The molecule has 3 atom stereocenters. The molecule has 0 aromatic carbocycles. The summed E-state index contributed by atoms with van der Waals surface area (Å²) in [5, 5.41) is 26.4. The largest absolute Gasteiger partial charge is 0.394 e. The predicted molar refractivity (Wildman–Crippen MR) is 35.6 cm³/mol. The van der Waals surface area contributed by atoms with Gasteiger partial charge in [-0.15, -0.1) is 0 Å². The smallest absolute Gasteiger partial charge is 0.108 e. The van der Waals surface area contributed by atoms with E-state index in [1.165, 1.54) is 14.0 Å². The molecular weight excluding hydrogens is 136 g/mol. The van der Waals surface area contributed by atoms with Gasteiger partial charge < -0.3 is 20.1 Å². The Morgan fingerprint density at radius 1 is 1.40 bits per heavy atom. The van der Waals surface area contributed by atoms with Gasteiger partial charge in [0.25, 0.3) is 0 Å². The van der Waals surface area contributed by atoms with Crippen molar-refractivity contribution >= 4 is 0 Å². The van der Waals surface area contributed by atoms with Crippen molar-refractivity contribution in [3.05, 3.63) is 0 Å². The zero-order valence-corrected chi connectivity index (χ0v) is 6.19. The summed E-state index contributed by atoms with van der Waals surface area (Å²) in [6.45, 7) is 1.15. The van der Waals surface area contributed by atoms with Crippen LogP contribution in [0.2, 0.25) is 0 Å². The van der Waals surface area contributed by atoms with Crippen LogP contribution in [-0.4, -0.2) is 47.3 Å². The van der Waals surface area contributed by atoms with Crippen molar-refractivity contribution in [2.75, 3.05) is 13.7 Å². The van der Waals surface area contributed by atoms with E-state index in [1.807, 2.05) is 0 Å². The molecule has 3 unspecified atom stereocenters. The van der Waals surface area contributed by atoms with Gasteiger partial charge in [-0.25, -0.2) is 0 Å². The molecule has 0 radical (unpaired) electrons. The molecule has 0 saturated carbocycles. The SMILES string of the molecule is COC(CO)C(O)C(C)O. The number of hydrogen-bond donors (Lipinski definition) is 3. The fourth-order valence-corrected chi connectivity index (χ4v) is 0.633. The van der Waals surface area contributed by atoms with Crippen LogP contribution in [0.15, 0.2) is 0 Å². The minimum atomic E-state index is -1.02. The molecule has 0 fully saturated rings. The van der Waals surface area contributed by atoms with Crippen LogP contribution in [0, 0.1) is 0 Å². The van der Waals surface area contributed by atoms with Crippen molar-refractivity contribution in [3.63, 3.8) is 0 Å². The van der Waals surface area contributed by atoms with E-state index in [2.05, 4.69) is 4.74 Å². The maximum atomic E-state index is 9.05. The Morgan fingerprint density at radius 2 is 1.90 bits per heavy atom. The van der Waals surface area contributed by atoms with Gasteiger partial charge in [-0.2, -0.15) is 0 Å². The van der Waals surface area contributed by atoms with Crippen molar-refractivity contribution < 1.29 is 20.1 Å². The molecule has 0 amide bonds. The lowest BCUT2D eigenvalue weighted by molar-refractivity contribution is -0.0870. The van der Waals surface area contributed by atoms with E-state index >= 15 is 0 Å². The van der Waals surface area contributed by atoms with Crippen LogP contribution in [0.25, 0.3) is 0 Å². The summed E-state index contributed by atoms with van der Waals surface area (Å²) in [4.78, 5) is 0. The molecule has 0 aromatic heterocycles. The van der Waals surface area contributed by atoms with Gasteiger partial charge in [-0.05, 0) is 6.92 Å². The molecule has 0 aliphatic rings. The van der Waals surface area contributed by atoms with Crippen LogP contribution >= 0.6 is 0 Å². The number of aliphatic hydroxyl groups excluding tert-OH is 3. The van der Waals surface area contributed by atoms with Crippen molar-refractivity contribution in [3.8, 4) is 0 Å². The number of methoxy groups -OCH3 is 1. The normalized spacial score (nSPS) is 20.1. The van der Waals surface area contributed by atoms with Crippen LogP contribution < -0.4 is 0 Å². The number of ether oxygens (including phenoxy) is 1. The molecular formula is C6H14O4. The van der Waals surface area contributed by atoms with Gasteiger partial charge in [0.1, 0.15) is 12.2 Å². The van der Waals surface area contributed by atoms with Crippen molar-refractivity contribution in [1.82, 2.24) is 0 Å². The lowest BCUT2D eigenvalue weighted by atomic mass is 10.1. The van der Waals surface area contributed by atoms with E-state index in [0.29, 0.717) is 0 Å². The molecule has 0 spiro atoms. The van der Waals surface area contributed by atoms with Crippen LogP contribution in [0.5, 0.6) is 0 Å². The molecule has 62 valence electrons. The standard InChI is InChI=1S/C6H14O4/c1-4(8)6(9)5(3-7)10-2/h4-9H,3H2,1-2H3.